The van der Waals surface area contributed by atoms with E-state index in [-0.39, 0.29) is 5.91 Å². The lowest BCUT2D eigenvalue weighted by Gasteiger charge is -2.39. The van der Waals surface area contributed by atoms with Gasteiger partial charge in [-0.1, -0.05) is 17.4 Å². The fraction of sp³-hybridized carbons (Fsp3) is 0.500. The molecule has 7 nitrogen and oxygen atoms in total. The van der Waals surface area contributed by atoms with Gasteiger partial charge in [0.1, 0.15) is 11.9 Å². The third-order valence-electron chi connectivity index (χ3n) is 5.46. The molecule has 1 aliphatic carbocycles. The van der Waals surface area contributed by atoms with Crippen molar-refractivity contribution in [2.24, 2.45) is 0 Å². The summed E-state index contributed by atoms with van der Waals surface area (Å²) >= 11 is 1.20. The Morgan fingerprint density at radius 3 is 2.54 bits per heavy atom. The van der Waals surface area contributed by atoms with E-state index in [1.165, 1.54) is 11.3 Å². The fourth-order valence-electron chi connectivity index (χ4n) is 3.93. The number of ether oxygens (including phenoxy) is 1. The van der Waals surface area contributed by atoms with Gasteiger partial charge >= 0.3 is 0 Å². The van der Waals surface area contributed by atoms with E-state index in [4.69, 9.17) is 10.00 Å². The van der Waals surface area contributed by atoms with Crippen molar-refractivity contribution in [1.29, 1.82) is 5.26 Å². The SMILES string of the molecule is Cc1ccc(N2CCN(C(=O)C3(Oc4cnc(C#N)s4)CCCC3)CC2)nc1. The van der Waals surface area contributed by atoms with Gasteiger partial charge in [0.25, 0.3) is 5.91 Å². The molecule has 8 heteroatoms. The van der Waals surface area contributed by atoms with Gasteiger partial charge in [-0.2, -0.15) is 5.26 Å². The van der Waals surface area contributed by atoms with Crippen LogP contribution in [-0.4, -0.2) is 52.6 Å². The summed E-state index contributed by atoms with van der Waals surface area (Å²) in [6.45, 7) is 4.86. The first-order valence-electron chi connectivity index (χ1n) is 9.62. The van der Waals surface area contributed by atoms with Crippen molar-refractivity contribution in [2.75, 3.05) is 31.1 Å². The van der Waals surface area contributed by atoms with Crippen LogP contribution in [0.15, 0.2) is 24.5 Å². The molecular weight excluding hydrogens is 374 g/mol. The van der Waals surface area contributed by atoms with Crippen molar-refractivity contribution in [3.8, 4) is 11.1 Å². The van der Waals surface area contributed by atoms with Crippen molar-refractivity contribution >= 4 is 23.1 Å². The van der Waals surface area contributed by atoms with E-state index in [2.05, 4.69) is 20.9 Å². The summed E-state index contributed by atoms with van der Waals surface area (Å²) < 4.78 is 6.17. The highest BCUT2D eigenvalue weighted by atomic mass is 32.1. The van der Waals surface area contributed by atoms with Gasteiger partial charge in [-0.05, 0) is 44.2 Å². The Kier molecular flexibility index (Phi) is 5.18. The monoisotopic (exact) mass is 397 g/mol. The van der Waals surface area contributed by atoms with Crippen LogP contribution in [0.5, 0.6) is 5.06 Å². The smallest absolute Gasteiger partial charge is 0.266 e. The quantitative estimate of drug-likeness (QED) is 0.789. The number of hydrogen-bond acceptors (Lipinski definition) is 7. The first-order chi connectivity index (χ1) is 13.6. The Hall–Kier alpha value is -2.66. The molecule has 0 bridgehead atoms. The highest BCUT2D eigenvalue weighted by Gasteiger charge is 2.46. The van der Waals surface area contributed by atoms with Gasteiger partial charge in [0.15, 0.2) is 15.7 Å². The van der Waals surface area contributed by atoms with Crippen molar-refractivity contribution in [3.05, 3.63) is 35.1 Å². The number of nitrogens with zero attached hydrogens (tertiary/aromatic N) is 5. The van der Waals surface area contributed by atoms with Gasteiger partial charge in [-0.3, -0.25) is 4.79 Å². The van der Waals surface area contributed by atoms with E-state index in [9.17, 15) is 4.79 Å². The number of carbonyl (C=O) groups excluding carboxylic acids is 1. The molecule has 1 saturated heterocycles. The third-order valence-corrected chi connectivity index (χ3v) is 6.24. The van der Waals surface area contributed by atoms with Crippen LogP contribution in [0.2, 0.25) is 0 Å². The van der Waals surface area contributed by atoms with E-state index < -0.39 is 5.60 Å². The van der Waals surface area contributed by atoms with E-state index in [1.807, 2.05) is 30.2 Å². The third kappa shape index (κ3) is 3.67. The molecule has 1 amide bonds. The Morgan fingerprint density at radius 1 is 1.18 bits per heavy atom. The Labute approximate surface area is 168 Å². The fourth-order valence-corrected chi connectivity index (χ4v) is 4.58. The number of carbonyl (C=O) groups is 1. The number of aromatic nitrogens is 2. The minimum atomic E-state index is -0.816. The molecule has 2 aromatic heterocycles. The van der Waals surface area contributed by atoms with E-state index in [1.54, 1.807) is 6.20 Å². The number of amides is 1. The van der Waals surface area contributed by atoms with Gasteiger partial charge in [-0.15, -0.1) is 0 Å². The van der Waals surface area contributed by atoms with Crippen LogP contribution in [0.3, 0.4) is 0 Å². The summed E-state index contributed by atoms with van der Waals surface area (Å²) in [4.78, 5) is 26.0. The Balaban J connectivity index is 1.43. The summed E-state index contributed by atoms with van der Waals surface area (Å²) in [6.07, 6.45) is 6.80. The zero-order valence-electron chi connectivity index (χ0n) is 15.9. The topological polar surface area (TPSA) is 82.4 Å². The van der Waals surface area contributed by atoms with Crippen LogP contribution in [0.4, 0.5) is 5.82 Å². The molecular formula is C20H23N5O2S. The Morgan fingerprint density at radius 2 is 1.93 bits per heavy atom. The highest BCUT2D eigenvalue weighted by Crippen LogP contribution is 2.38. The summed E-state index contributed by atoms with van der Waals surface area (Å²) in [6, 6.07) is 6.12. The lowest BCUT2D eigenvalue weighted by atomic mass is 9.99. The summed E-state index contributed by atoms with van der Waals surface area (Å²) in [5.74, 6) is 1.02. The number of nitriles is 1. The number of thiazole rings is 1. The average Bonchev–Trinajstić information content (AvgIpc) is 3.39. The zero-order valence-corrected chi connectivity index (χ0v) is 16.7. The maximum Gasteiger partial charge on any atom is 0.266 e. The molecule has 0 N–H and O–H groups in total. The molecule has 0 atom stereocenters. The molecule has 2 aromatic rings. The van der Waals surface area contributed by atoms with Crippen LogP contribution in [-0.2, 0) is 4.79 Å². The minimum Gasteiger partial charge on any atom is -0.466 e. The van der Waals surface area contributed by atoms with Crippen molar-refractivity contribution in [3.63, 3.8) is 0 Å². The first kappa shape index (κ1) is 18.7. The van der Waals surface area contributed by atoms with Crippen LogP contribution in [0.1, 0.15) is 36.3 Å². The maximum atomic E-state index is 13.4. The molecule has 1 saturated carbocycles. The molecule has 2 aliphatic rings. The van der Waals surface area contributed by atoms with Crippen molar-refractivity contribution < 1.29 is 9.53 Å². The average molecular weight is 398 g/mol. The van der Waals surface area contributed by atoms with Gasteiger partial charge in [-0.25, -0.2) is 9.97 Å². The van der Waals surface area contributed by atoms with E-state index in [0.29, 0.717) is 36.0 Å². The molecule has 2 fully saturated rings. The van der Waals surface area contributed by atoms with Crippen molar-refractivity contribution in [2.45, 2.75) is 38.2 Å². The molecule has 0 spiro atoms. The first-order valence-corrected chi connectivity index (χ1v) is 10.4. The zero-order chi connectivity index (χ0) is 19.6. The number of anilines is 1. The normalized spacial score (nSPS) is 18.7. The number of piperazine rings is 1. The Bertz CT molecular complexity index is 875. The molecule has 3 heterocycles. The van der Waals surface area contributed by atoms with Crippen LogP contribution < -0.4 is 9.64 Å². The molecule has 28 heavy (non-hydrogen) atoms. The van der Waals surface area contributed by atoms with Gasteiger partial charge in [0.2, 0.25) is 0 Å². The second-order valence-corrected chi connectivity index (χ2v) is 8.37. The maximum absolute atomic E-state index is 13.4. The van der Waals surface area contributed by atoms with Crippen LogP contribution in [0, 0.1) is 18.3 Å². The summed E-state index contributed by atoms with van der Waals surface area (Å²) in [5, 5.41) is 9.89. The highest BCUT2D eigenvalue weighted by molar-refractivity contribution is 7.13. The second-order valence-electron chi connectivity index (χ2n) is 7.37. The van der Waals surface area contributed by atoms with Crippen molar-refractivity contribution in [1.82, 2.24) is 14.9 Å². The second kappa shape index (κ2) is 7.76. The lowest BCUT2D eigenvalue weighted by Crippen LogP contribution is -2.57. The number of hydrogen-bond donors (Lipinski definition) is 0. The lowest BCUT2D eigenvalue weighted by molar-refractivity contribution is -0.148. The van der Waals surface area contributed by atoms with Gasteiger partial charge in [0.05, 0.1) is 6.20 Å². The molecule has 146 valence electrons. The molecule has 4 rings (SSSR count). The predicted molar refractivity (Wildman–Crippen MR) is 106 cm³/mol. The number of aryl methyl sites for hydroxylation is 1. The number of rotatable bonds is 4. The number of pyridine rings is 1. The molecule has 0 radical (unpaired) electrons. The largest absolute Gasteiger partial charge is 0.466 e. The minimum absolute atomic E-state index is 0.0634. The van der Waals surface area contributed by atoms with Gasteiger partial charge < -0.3 is 14.5 Å². The standard InChI is InChI=1S/C20H23N5O2S/c1-15-4-5-16(22-13-15)24-8-10-25(11-9-24)19(26)20(6-2-3-7-20)27-18-14-23-17(12-21)28-18/h4-5,13-14H,2-3,6-11H2,1H3. The van der Waals surface area contributed by atoms with E-state index in [0.717, 1.165) is 37.3 Å². The summed E-state index contributed by atoms with van der Waals surface area (Å²) in [7, 11) is 0. The van der Waals surface area contributed by atoms with Gasteiger partial charge in [0, 0.05) is 32.4 Å². The summed E-state index contributed by atoms with van der Waals surface area (Å²) in [5.41, 5.74) is 0.323. The molecule has 0 aromatic carbocycles. The predicted octanol–water partition coefficient (Wildman–Crippen LogP) is 2.76. The molecule has 1 aliphatic heterocycles. The van der Waals surface area contributed by atoms with E-state index >= 15 is 0 Å². The molecule has 0 unspecified atom stereocenters. The van der Waals surface area contributed by atoms with Crippen LogP contribution in [0.25, 0.3) is 0 Å². The van der Waals surface area contributed by atoms with Crippen LogP contribution >= 0.6 is 11.3 Å².